The molecule has 0 aliphatic rings. The Morgan fingerprint density at radius 1 is 1.60 bits per heavy atom. The van der Waals surface area contributed by atoms with Crippen molar-refractivity contribution in [2.45, 2.75) is 6.18 Å². The molecule has 0 aromatic heterocycles. The van der Waals surface area contributed by atoms with Crippen LogP contribution in [0.2, 0.25) is 0 Å². The fourth-order valence-corrected chi connectivity index (χ4v) is 0.322. The predicted octanol–water partition coefficient (Wildman–Crippen LogP) is 1.18. The van der Waals surface area contributed by atoms with Crippen LogP contribution in [0, 0.1) is 11.3 Å². The van der Waals surface area contributed by atoms with Crippen LogP contribution in [0.4, 0.5) is 13.2 Å². The standard InChI is InChI=1S/C5H5F3N2/c1-10-3-4(2-9)5(6,7)8/h3,10H,1H3/b4-3+. The van der Waals surface area contributed by atoms with Crippen LogP contribution < -0.4 is 5.32 Å². The molecular weight excluding hydrogens is 145 g/mol. The molecule has 0 radical (unpaired) electrons. The predicted molar refractivity (Wildman–Crippen MR) is 28.8 cm³/mol. The van der Waals surface area contributed by atoms with Crippen LogP contribution in [0.25, 0.3) is 0 Å². The summed E-state index contributed by atoms with van der Waals surface area (Å²) in [6, 6.07) is 1.02. The van der Waals surface area contributed by atoms with E-state index in [9.17, 15) is 13.2 Å². The van der Waals surface area contributed by atoms with Crippen molar-refractivity contribution in [3.05, 3.63) is 11.8 Å². The lowest BCUT2D eigenvalue weighted by Gasteiger charge is -2.02. The normalized spacial score (nSPS) is 12.5. The molecule has 0 bridgehead atoms. The van der Waals surface area contributed by atoms with Crippen molar-refractivity contribution < 1.29 is 13.2 Å². The highest BCUT2D eigenvalue weighted by Gasteiger charge is 2.33. The van der Waals surface area contributed by atoms with E-state index < -0.39 is 11.7 Å². The van der Waals surface area contributed by atoms with E-state index >= 15 is 0 Å². The summed E-state index contributed by atoms with van der Waals surface area (Å²) in [7, 11) is 1.29. The van der Waals surface area contributed by atoms with Crippen molar-refractivity contribution in [1.29, 1.82) is 5.26 Å². The lowest BCUT2D eigenvalue weighted by molar-refractivity contribution is -0.0876. The Morgan fingerprint density at radius 3 is 2.20 bits per heavy atom. The van der Waals surface area contributed by atoms with Crippen LogP contribution in [0.15, 0.2) is 11.8 Å². The molecule has 0 atom stereocenters. The number of nitriles is 1. The van der Waals surface area contributed by atoms with E-state index in [2.05, 4.69) is 5.32 Å². The van der Waals surface area contributed by atoms with Crippen LogP contribution in [0.1, 0.15) is 0 Å². The van der Waals surface area contributed by atoms with Gasteiger partial charge in [0.25, 0.3) is 0 Å². The summed E-state index contributed by atoms with van der Waals surface area (Å²) in [5.41, 5.74) is -1.23. The maximum absolute atomic E-state index is 11.6. The van der Waals surface area contributed by atoms with Gasteiger partial charge in [0.05, 0.1) is 0 Å². The molecule has 0 amide bonds. The average Bonchev–Trinajstić information content (AvgIpc) is 1.80. The number of halogens is 3. The van der Waals surface area contributed by atoms with Crippen molar-refractivity contribution in [1.82, 2.24) is 5.32 Å². The van der Waals surface area contributed by atoms with Gasteiger partial charge in [-0.3, -0.25) is 0 Å². The summed E-state index contributed by atoms with van der Waals surface area (Å²) in [6.45, 7) is 0. The van der Waals surface area contributed by atoms with E-state index in [1.807, 2.05) is 0 Å². The molecular formula is C5H5F3N2. The first-order chi connectivity index (χ1) is 4.52. The fraction of sp³-hybridized carbons (Fsp3) is 0.400. The third-order valence-electron chi connectivity index (χ3n) is 0.715. The van der Waals surface area contributed by atoms with Gasteiger partial charge in [0.1, 0.15) is 11.6 Å². The molecule has 0 rings (SSSR count). The second kappa shape index (κ2) is 3.11. The molecule has 0 aliphatic carbocycles. The van der Waals surface area contributed by atoms with Crippen molar-refractivity contribution in [2.75, 3.05) is 7.05 Å². The lowest BCUT2D eigenvalue weighted by Crippen LogP contribution is -2.13. The van der Waals surface area contributed by atoms with Gasteiger partial charge in [-0.2, -0.15) is 18.4 Å². The molecule has 0 saturated carbocycles. The molecule has 5 heteroatoms. The maximum Gasteiger partial charge on any atom is 0.427 e. The molecule has 10 heavy (non-hydrogen) atoms. The van der Waals surface area contributed by atoms with Gasteiger partial charge in [-0.1, -0.05) is 0 Å². The van der Waals surface area contributed by atoms with E-state index in [1.165, 1.54) is 7.05 Å². The highest BCUT2D eigenvalue weighted by atomic mass is 19.4. The highest BCUT2D eigenvalue weighted by Crippen LogP contribution is 2.23. The van der Waals surface area contributed by atoms with Gasteiger partial charge in [0.15, 0.2) is 0 Å². The number of rotatable bonds is 1. The second-order valence-corrected chi connectivity index (χ2v) is 1.46. The van der Waals surface area contributed by atoms with E-state index in [-0.39, 0.29) is 0 Å². The Labute approximate surface area is 55.9 Å². The number of nitrogens with one attached hydrogen (secondary N) is 1. The van der Waals surface area contributed by atoms with Gasteiger partial charge >= 0.3 is 6.18 Å². The van der Waals surface area contributed by atoms with Crippen molar-refractivity contribution in [3.63, 3.8) is 0 Å². The minimum Gasteiger partial charge on any atom is -0.393 e. The summed E-state index contributed by atoms with van der Waals surface area (Å²) in [5.74, 6) is 0. The quantitative estimate of drug-likeness (QED) is 0.569. The van der Waals surface area contributed by atoms with E-state index in [1.54, 1.807) is 0 Å². The van der Waals surface area contributed by atoms with Crippen LogP contribution in [-0.2, 0) is 0 Å². The zero-order chi connectivity index (χ0) is 8.20. The van der Waals surface area contributed by atoms with E-state index in [4.69, 9.17) is 5.26 Å². The number of hydrogen-bond donors (Lipinski definition) is 1. The van der Waals surface area contributed by atoms with Gasteiger partial charge in [0.2, 0.25) is 0 Å². The summed E-state index contributed by atoms with van der Waals surface area (Å²) < 4.78 is 34.7. The van der Waals surface area contributed by atoms with Crippen LogP contribution in [0.3, 0.4) is 0 Å². The first-order valence-corrected chi connectivity index (χ1v) is 2.37. The first kappa shape index (κ1) is 8.82. The molecule has 0 aliphatic heterocycles. The number of allylic oxidation sites excluding steroid dienone is 1. The Kier molecular flexibility index (Phi) is 2.74. The third kappa shape index (κ3) is 2.40. The van der Waals surface area contributed by atoms with E-state index in [0.29, 0.717) is 6.20 Å². The van der Waals surface area contributed by atoms with Gasteiger partial charge in [-0.25, -0.2) is 0 Å². The number of alkyl halides is 3. The first-order valence-electron chi connectivity index (χ1n) is 2.37. The molecule has 0 spiro atoms. The molecule has 0 aromatic carbocycles. The molecule has 0 unspecified atom stereocenters. The molecule has 0 saturated heterocycles. The molecule has 1 N–H and O–H groups in total. The number of hydrogen-bond acceptors (Lipinski definition) is 2. The lowest BCUT2D eigenvalue weighted by atomic mass is 10.3. The van der Waals surface area contributed by atoms with Gasteiger partial charge in [-0.05, 0) is 0 Å². The molecule has 0 fully saturated rings. The van der Waals surface area contributed by atoms with Crippen molar-refractivity contribution >= 4 is 0 Å². The molecule has 2 nitrogen and oxygen atoms in total. The Morgan fingerprint density at radius 2 is 2.10 bits per heavy atom. The summed E-state index contributed by atoms with van der Waals surface area (Å²) in [6.07, 6.45) is -3.93. The topological polar surface area (TPSA) is 35.8 Å². The molecule has 0 heterocycles. The Balaban J connectivity index is 4.41. The SMILES string of the molecule is CN/C=C(\C#N)C(F)(F)F. The average molecular weight is 150 g/mol. The monoisotopic (exact) mass is 150 g/mol. The summed E-state index contributed by atoms with van der Waals surface area (Å²) >= 11 is 0. The smallest absolute Gasteiger partial charge is 0.393 e. The van der Waals surface area contributed by atoms with Gasteiger partial charge < -0.3 is 5.32 Å². The zero-order valence-corrected chi connectivity index (χ0v) is 5.16. The summed E-state index contributed by atoms with van der Waals surface area (Å²) in [4.78, 5) is 0. The van der Waals surface area contributed by atoms with Crippen molar-refractivity contribution in [2.24, 2.45) is 0 Å². The minimum absolute atomic E-state index is 0.611. The Hall–Kier alpha value is -1.18. The number of nitrogens with zero attached hydrogens (tertiary/aromatic N) is 1. The third-order valence-corrected chi connectivity index (χ3v) is 0.715. The van der Waals surface area contributed by atoms with Crippen LogP contribution in [-0.4, -0.2) is 13.2 Å². The highest BCUT2D eigenvalue weighted by molar-refractivity contribution is 5.24. The van der Waals surface area contributed by atoms with E-state index in [0.717, 1.165) is 6.07 Å². The summed E-state index contributed by atoms with van der Waals surface area (Å²) in [5, 5.41) is 10.0. The van der Waals surface area contributed by atoms with Gasteiger partial charge in [0, 0.05) is 13.2 Å². The largest absolute Gasteiger partial charge is 0.427 e. The maximum atomic E-state index is 11.6. The van der Waals surface area contributed by atoms with Crippen LogP contribution >= 0.6 is 0 Å². The second-order valence-electron chi connectivity index (χ2n) is 1.46. The minimum atomic E-state index is -4.54. The zero-order valence-electron chi connectivity index (χ0n) is 5.16. The molecule has 56 valence electrons. The van der Waals surface area contributed by atoms with Gasteiger partial charge in [-0.15, -0.1) is 0 Å². The van der Waals surface area contributed by atoms with Crippen LogP contribution in [0.5, 0.6) is 0 Å². The van der Waals surface area contributed by atoms with Crippen molar-refractivity contribution in [3.8, 4) is 6.07 Å². The molecule has 0 aromatic rings. The fourth-order valence-electron chi connectivity index (χ4n) is 0.322. The Bertz CT molecular complexity index is 174.